The van der Waals surface area contributed by atoms with Crippen LogP contribution < -0.4 is 0 Å². The van der Waals surface area contributed by atoms with Crippen molar-refractivity contribution < 1.29 is 82.1 Å². The molecule has 3 unspecified atom stereocenters. The predicted octanol–water partition coefficient (Wildman–Crippen LogP) is 0.390. The molecule has 0 aromatic carbocycles. The molecule has 3 aliphatic rings. The van der Waals surface area contributed by atoms with Gasteiger partial charge in [-0.1, -0.05) is 0 Å². The number of halogens is 9. The SMILES string of the molecule is O=C(C(F)C(F)(F)OB(OC(F)(F)C(F)C(=O)N1CCOCC1)OC(F)(F)C(F)C(=O)N1CCOCC1)N1CCOCC1. The summed E-state index contributed by atoms with van der Waals surface area (Å²) in [6, 6.07) is 0. The highest BCUT2D eigenvalue weighted by molar-refractivity contribution is 6.36. The van der Waals surface area contributed by atoms with Gasteiger partial charge in [0, 0.05) is 39.3 Å². The van der Waals surface area contributed by atoms with Gasteiger partial charge < -0.3 is 42.9 Å². The fraction of sp³-hybridized carbons (Fsp3) is 0.857. The zero-order chi connectivity index (χ0) is 32.0. The molecule has 3 rings (SSSR count). The summed E-state index contributed by atoms with van der Waals surface area (Å²) in [7, 11) is -4.25. The van der Waals surface area contributed by atoms with Crippen molar-refractivity contribution in [3.63, 3.8) is 0 Å². The monoisotopic (exact) mass is 647 g/mol. The van der Waals surface area contributed by atoms with Crippen molar-refractivity contribution in [1.82, 2.24) is 14.7 Å². The summed E-state index contributed by atoms with van der Waals surface area (Å²) >= 11 is 0. The minimum absolute atomic E-state index is 0.192. The topological polar surface area (TPSA) is 116 Å². The first-order chi connectivity index (χ1) is 20.1. The lowest BCUT2D eigenvalue weighted by Gasteiger charge is -2.34. The number of ether oxygens (including phenoxy) is 3. The highest BCUT2D eigenvalue weighted by atomic mass is 19.3. The molecule has 3 amide bonds. The van der Waals surface area contributed by atoms with Gasteiger partial charge in [0.25, 0.3) is 36.2 Å². The van der Waals surface area contributed by atoms with E-state index in [-0.39, 0.29) is 78.9 Å². The largest absolute Gasteiger partial charge is 0.652 e. The van der Waals surface area contributed by atoms with E-state index in [4.69, 9.17) is 14.2 Å². The Morgan fingerprint density at radius 1 is 0.512 bits per heavy atom. The first kappa shape index (κ1) is 35.1. The average Bonchev–Trinajstić information content (AvgIpc) is 2.99. The number of hydrogen-bond acceptors (Lipinski definition) is 9. The van der Waals surface area contributed by atoms with Crippen LogP contribution in [0.3, 0.4) is 0 Å². The highest BCUT2D eigenvalue weighted by Crippen LogP contribution is 2.35. The quantitative estimate of drug-likeness (QED) is 0.219. The second-order valence-corrected chi connectivity index (χ2v) is 9.23. The van der Waals surface area contributed by atoms with Gasteiger partial charge in [-0.15, -0.1) is 0 Å². The van der Waals surface area contributed by atoms with E-state index in [0.717, 1.165) is 0 Å². The molecule has 3 aliphatic heterocycles. The van der Waals surface area contributed by atoms with E-state index >= 15 is 0 Å². The van der Waals surface area contributed by atoms with Gasteiger partial charge in [-0.3, -0.25) is 14.4 Å². The van der Waals surface area contributed by atoms with Gasteiger partial charge in [0.15, 0.2) is 0 Å². The molecule has 3 atom stereocenters. The average molecular weight is 647 g/mol. The standard InChI is InChI=1S/C21H27BF9N3O9/c23-13(16(35)32-1-7-38-8-2-32)19(26,27)41-22(42-20(28,29)14(24)17(36)33-3-9-39-10-4-33)43-21(30,31)15(25)18(37)34-5-11-40-12-6-34/h13-15H,1-12H2. The fourth-order valence-corrected chi connectivity index (χ4v) is 3.90. The normalized spacial score (nSPS) is 21.3. The maximum Gasteiger partial charge on any atom is 0.652 e. The van der Waals surface area contributed by atoms with Crippen LogP contribution in [0.5, 0.6) is 0 Å². The van der Waals surface area contributed by atoms with E-state index in [1.54, 1.807) is 0 Å². The summed E-state index contributed by atoms with van der Waals surface area (Å²) in [4.78, 5) is 38.0. The van der Waals surface area contributed by atoms with Gasteiger partial charge in [0.2, 0.25) is 0 Å². The molecule has 0 spiro atoms. The number of morpholine rings is 3. The number of alkyl halides is 9. The zero-order valence-corrected chi connectivity index (χ0v) is 22.2. The van der Waals surface area contributed by atoms with Crippen molar-refractivity contribution >= 4 is 25.0 Å². The molecule has 0 aromatic heterocycles. The Balaban J connectivity index is 1.82. The van der Waals surface area contributed by atoms with Crippen molar-refractivity contribution in [3.05, 3.63) is 0 Å². The number of carbonyl (C=O) groups is 3. The third kappa shape index (κ3) is 9.06. The third-order valence-corrected chi connectivity index (χ3v) is 6.26. The Labute approximate surface area is 238 Å². The van der Waals surface area contributed by atoms with E-state index in [9.17, 15) is 53.9 Å². The first-order valence-corrected chi connectivity index (χ1v) is 12.8. The number of nitrogens with zero attached hydrogens (tertiary/aromatic N) is 3. The van der Waals surface area contributed by atoms with Crippen LogP contribution >= 0.6 is 0 Å². The summed E-state index contributed by atoms with van der Waals surface area (Å²) < 4.78 is 157. The summed E-state index contributed by atoms with van der Waals surface area (Å²) in [6.45, 7) is -3.47. The maximum atomic E-state index is 14.6. The van der Waals surface area contributed by atoms with Crippen LogP contribution in [0.4, 0.5) is 39.5 Å². The van der Waals surface area contributed by atoms with Gasteiger partial charge in [-0.05, 0) is 0 Å². The molecule has 3 fully saturated rings. The molecule has 43 heavy (non-hydrogen) atoms. The Morgan fingerprint density at radius 2 is 0.721 bits per heavy atom. The van der Waals surface area contributed by atoms with Crippen molar-refractivity contribution in [3.8, 4) is 0 Å². The summed E-state index contributed by atoms with van der Waals surface area (Å²) in [5, 5.41) is 0. The lowest BCUT2D eigenvalue weighted by Crippen LogP contribution is -2.58. The van der Waals surface area contributed by atoms with Crippen LogP contribution in [-0.2, 0) is 42.6 Å². The van der Waals surface area contributed by atoms with Crippen LogP contribution in [-0.4, -0.2) is 155 Å². The Hall–Kier alpha value is -2.40. The molecule has 0 aliphatic carbocycles. The zero-order valence-electron chi connectivity index (χ0n) is 22.2. The molecular weight excluding hydrogens is 620 g/mol. The minimum Gasteiger partial charge on any atom is -0.378 e. The van der Waals surface area contributed by atoms with Crippen LogP contribution in [0.2, 0.25) is 0 Å². The molecule has 0 saturated carbocycles. The van der Waals surface area contributed by atoms with Crippen LogP contribution in [0, 0.1) is 0 Å². The molecule has 246 valence electrons. The van der Waals surface area contributed by atoms with E-state index in [1.165, 1.54) is 0 Å². The van der Waals surface area contributed by atoms with E-state index in [2.05, 4.69) is 14.0 Å². The second kappa shape index (κ2) is 14.6. The summed E-state index contributed by atoms with van der Waals surface area (Å²) in [6.07, 6.45) is -28.9. The van der Waals surface area contributed by atoms with E-state index < -0.39 is 61.9 Å². The molecule has 0 aromatic rings. The van der Waals surface area contributed by atoms with Crippen LogP contribution in [0.1, 0.15) is 0 Å². The van der Waals surface area contributed by atoms with Gasteiger partial charge >= 0.3 is 25.6 Å². The summed E-state index contributed by atoms with van der Waals surface area (Å²) in [5.74, 6) is -5.95. The molecule has 0 N–H and O–H groups in total. The number of amides is 3. The maximum absolute atomic E-state index is 14.6. The Morgan fingerprint density at radius 3 is 0.930 bits per heavy atom. The number of rotatable bonds is 12. The van der Waals surface area contributed by atoms with Gasteiger partial charge in [-0.2, -0.15) is 26.3 Å². The predicted molar refractivity (Wildman–Crippen MR) is 121 cm³/mol. The Kier molecular flexibility index (Phi) is 11.9. The molecule has 22 heteroatoms. The molecule has 0 bridgehead atoms. The van der Waals surface area contributed by atoms with E-state index in [0.29, 0.717) is 14.7 Å². The molecule has 3 heterocycles. The number of carbonyl (C=O) groups excluding carboxylic acids is 3. The molecular formula is C21H27BF9N3O9. The van der Waals surface area contributed by atoms with Crippen LogP contribution in [0.15, 0.2) is 0 Å². The van der Waals surface area contributed by atoms with Crippen molar-refractivity contribution in [2.24, 2.45) is 0 Å². The van der Waals surface area contributed by atoms with Crippen molar-refractivity contribution in [2.45, 2.75) is 36.8 Å². The summed E-state index contributed by atoms with van der Waals surface area (Å²) in [5.41, 5.74) is 0. The lowest BCUT2D eigenvalue weighted by molar-refractivity contribution is -0.302. The van der Waals surface area contributed by atoms with Crippen LogP contribution in [0.25, 0.3) is 0 Å². The molecule has 12 nitrogen and oxygen atoms in total. The lowest BCUT2D eigenvalue weighted by atomic mass is 10.1. The van der Waals surface area contributed by atoms with Crippen molar-refractivity contribution in [2.75, 3.05) is 78.9 Å². The first-order valence-electron chi connectivity index (χ1n) is 12.8. The third-order valence-electron chi connectivity index (χ3n) is 6.26. The van der Waals surface area contributed by atoms with E-state index in [1.807, 2.05) is 0 Å². The van der Waals surface area contributed by atoms with Gasteiger partial charge in [-0.25, -0.2) is 13.2 Å². The highest BCUT2D eigenvalue weighted by Gasteiger charge is 2.61. The second-order valence-electron chi connectivity index (χ2n) is 9.23. The fourth-order valence-electron chi connectivity index (χ4n) is 3.90. The number of hydrogen-bond donors (Lipinski definition) is 0. The molecule has 0 radical (unpaired) electrons. The molecule has 3 saturated heterocycles. The Bertz CT molecular complexity index is 853. The smallest absolute Gasteiger partial charge is 0.378 e. The van der Waals surface area contributed by atoms with Gasteiger partial charge in [0.05, 0.1) is 39.6 Å². The minimum atomic E-state index is -5.59. The van der Waals surface area contributed by atoms with Crippen molar-refractivity contribution in [1.29, 1.82) is 0 Å². The van der Waals surface area contributed by atoms with Gasteiger partial charge in [0.1, 0.15) is 0 Å².